The van der Waals surface area contributed by atoms with Crippen LogP contribution in [0.5, 0.6) is 5.75 Å². The molecule has 6 nitrogen and oxygen atoms in total. The van der Waals surface area contributed by atoms with Crippen LogP contribution >= 0.6 is 0 Å². The number of aliphatic hydroxyl groups excluding tert-OH is 1. The lowest BCUT2D eigenvalue weighted by Crippen LogP contribution is -2.05. The fraction of sp³-hybridized carbons (Fsp3) is 0.524. The quantitative estimate of drug-likeness (QED) is 0.322. The Hall–Kier alpha value is -2.34. The summed E-state index contributed by atoms with van der Waals surface area (Å²) in [6.07, 6.45) is 8.80. The molecule has 0 aliphatic rings. The summed E-state index contributed by atoms with van der Waals surface area (Å²) >= 11 is 0. The second-order valence-corrected chi connectivity index (χ2v) is 6.13. The topological polar surface area (TPSA) is 82.1 Å². The maximum absolute atomic E-state index is 11.4. The number of rotatable bonds is 13. The van der Waals surface area contributed by atoms with E-state index in [0.29, 0.717) is 25.2 Å². The fourth-order valence-electron chi connectivity index (χ4n) is 2.56. The molecule has 0 saturated carbocycles. The van der Waals surface area contributed by atoms with Crippen molar-refractivity contribution in [2.24, 2.45) is 0 Å². The minimum Gasteiger partial charge on any atom is -0.494 e. The number of carbonyl (C=O) groups excluding carboxylic acids is 2. The lowest BCUT2D eigenvalue weighted by Gasteiger charge is -2.11. The second-order valence-electron chi connectivity index (χ2n) is 6.13. The van der Waals surface area contributed by atoms with Gasteiger partial charge in [-0.1, -0.05) is 18.9 Å². The first-order chi connectivity index (χ1) is 13.1. The summed E-state index contributed by atoms with van der Waals surface area (Å²) in [6.45, 7) is 0.644. The molecule has 0 atom stereocenters. The monoisotopic (exact) mass is 378 g/mol. The SMILES string of the molecule is COC(=O)C=Cc1cc(OCCCC(=O)OC)ccc1CCCCCCO. The van der Waals surface area contributed by atoms with Gasteiger partial charge in [0.1, 0.15) is 5.75 Å². The van der Waals surface area contributed by atoms with Gasteiger partial charge in [0.25, 0.3) is 0 Å². The molecule has 0 heterocycles. The molecule has 27 heavy (non-hydrogen) atoms. The normalized spacial score (nSPS) is 10.8. The van der Waals surface area contributed by atoms with Crippen LogP contribution in [0.15, 0.2) is 24.3 Å². The highest BCUT2D eigenvalue weighted by Crippen LogP contribution is 2.22. The number of ether oxygens (including phenoxy) is 3. The molecule has 0 spiro atoms. The molecule has 1 aromatic rings. The Labute approximate surface area is 161 Å². The molecule has 1 rings (SSSR count). The summed E-state index contributed by atoms with van der Waals surface area (Å²) in [4.78, 5) is 22.5. The summed E-state index contributed by atoms with van der Waals surface area (Å²) in [5, 5.41) is 8.84. The van der Waals surface area contributed by atoms with Gasteiger partial charge < -0.3 is 19.3 Å². The lowest BCUT2D eigenvalue weighted by molar-refractivity contribution is -0.140. The van der Waals surface area contributed by atoms with E-state index in [9.17, 15) is 9.59 Å². The zero-order valence-electron chi connectivity index (χ0n) is 16.2. The molecule has 0 fully saturated rings. The van der Waals surface area contributed by atoms with Gasteiger partial charge in [0.15, 0.2) is 0 Å². The van der Waals surface area contributed by atoms with E-state index < -0.39 is 5.97 Å². The first-order valence-electron chi connectivity index (χ1n) is 9.30. The maximum atomic E-state index is 11.4. The Morgan fingerprint density at radius 2 is 1.81 bits per heavy atom. The number of hydrogen-bond acceptors (Lipinski definition) is 6. The third-order valence-corrected chi connectivity index (χ3v) is 4.09. The predicted octanol–water partition coefficient (Wildman–Crippen LogP) is 3.30. The van der Waals surface area contributed by atoms with E-state index in [-0.39, 0.29) is 12.6 Å². The summed E-state index contributed by atoms with van der Waals surface area (Å²) < 4.78 is 15.0. The number of methoxy groups -OCH3 is 2. The molecule has 1 N–H and O–H groups in total. The van der Waals surface area contributed by atoms with Crippen LogP contribution in [0.1, 0.15) is 49.7 Å². The van der Waals surface area contributed by atoms with Gasteiger partial charge in [0.2, 0.25) is 0 Å². The van der Waals surface area contributed by atoms with Gasteiger partial charge in [0, 0.05) is 19.1 Å². The van der Waals surface area contributed by atoms with Gasteiger partial charge in [-0.3, -0.25) is 4.79 Å². The van der Waals surface area contributed by atoms with Crippen LogP contribution < -0.4 is 4.74 Å². The zero-order chi connectivity index (χ0) is 19.9. The highest BCUT2D eigenvalue weighted by atomic mass is 16.5. The van der Waals surface area contributed by atoms with Crippen LogP contribution in [-0.4, -0.2) is 44.5 Å². The van der Waals surface area contributed by atoms with Gasteiger partial charge in [-0.2, -0.15) is 0 Å². The van der Waals surface area contributed by atoms with E-state index in [4.69, 9.17) is 9.84 Å². The smallest absolute Gasteiger partial charge is 0.330 e. The minimum atomic E-state index is -0.409. The molecule has 0 saturated heterocycles. The van der Waals surface area contributed by atoms with Crippen molar-refractivity contribution in [1.82, 2.24) is 0 Å². The number of unbranched alkanes of at least 4 members (excludes halogenated alkanes) is 3. The van der Waals surface area contributed by atoms with E-state index in [1.165, 1.54) is 20.3 Å². The standard InChI is InChI=1S/C21H30O6/c1-25-20(23)9-7-15-27-19-12-10-17(8-5-3-4-6-14-22)18(16-19)11-13-21(24)26-2/h10-13,16,22H,3-9,14-15H2,1-2H3. The number of aryl methyl sites for hydroxylation is 1. The number of aliphatic hydroxyl groups is 1. The lowest BCUT2D eigenvalue weighted by atomic mass is 10.00. The molecule has 6 heteroatoms. The average Bonchev–Trinajstić information content (AvgIpc) is 2.69. The molecule has 0 aliphatic heterocycles. The molecule has 0 unspecified atom stereocenters. The highest BCUT2D eigenvalue weighted by Gasteiger charge is 2.05. The van der Waals surface area contributed by atoms with Gasteiger partial charge in [0.05, 0.1) is 20.8 Å². The fourth-order valence-corrected chi connectivity index (χ4v) is 2.56. The van der Waals surface area contributed by atoms with E-state index in [1.54, 1.807) is 6.08 Å². The maximum Gasteiger partial charge on any atom is 0.330 e. The molecule has 150 valence electrons. The van der Waals surface area contributed by atoms with Gasteiger partial charge >= 0.3 is 11.9 Å². The highest BCUT2D eigenvalue weighted by molar-refractivity contribution is 5.87. The summed E-state index contributed by atoms with van der Waals surface area (Å²) in [5.41, 5.74) is 2.04. The van der Waals surface area contributed by atoms with Crippen LogP contribution in [0.25, 0.3) is 6.08 Å². The Balaban J connectivity index is 2.70. The van der Waals surface area contributed by atoms with Crippen LogP contribution in [0.2, 0.25) is 0 Å². The number of hydrogen-bond donors (Lipinski definition) is 1. The molecular weight excluding hydrogens is 348 g/mol. The minimum absolute atomic E-state index is 0.231. The van der Waals surface area contributed by atoms with Crippen molar-refractivity contribution in [2.75, 3.05) is 27.4 Å². The van der Waals surface area contributed by atoms with Gasteiger partial charge in [-0.15, -0.1) is 0 Å². The van der Waals surface area contributed by atoms with Crippen molar-refractivity contribution < 1.29 is 28.9 Å². The Morgan fingerprint density at radius 1 is 1.04 bits per heavy atom. The van der Waals surface area contributed by atoms with Crippen molar-refractivity contribution in [3.63, 3.8) is 0 Å². The Bertz CT molecular complexity index is 609. The van der Waals surface area contributed by atoms with E-state index in [1.807, 2.05) is 18.2 Å². The molecule has 0 radical (unpaired) electrons. The van der Waals surface area contributed by atoms with Crippen LogP contribution in [-0.2, 0) is 25.5 Å². The summed E-state index contributed by atoms with van der Waals surface area (Å²) in [7, 11) is 2.71. The molecule has 1 aromatic carbocycles. The van der Waals surface area contributed by atoms with Crippen molar-refractivity contribution in [2.45, 2.75) is 44.9 Å². The first kappa shape index (κ1) is 22.7. The average molecular weight is 378 g/mol. The largest absolute Gasteiger partial charge is 0.494 e. The van der Waals surface area contributed by atoms with Crippen LogP contribution in [0, 0.1) is 0 Å². The van der Waals surface area contributed by atoms with Gasteiger partial charge in [-0.25, -0.2) is 4.79 Å². The summed E-state index contributed by atoms with van der Waals surface area (Å²) in [5.74, 6) is 0.0264. The van der Waals surface area contributed by atoms with E-state index >= 15 is 0 Å². The molecule has 0 aromatic heterocycles. The number of benzene rings is 1. The zero-order valence-corrected chi connectivity index (χ0v) is 16.2. The van der Waals surface area contributed by atoms with Crippen molar-refractivity contribution >= 4 is 18.0 Å². The van der Waals surface area contributed by atoms with Crippen molar-refractivity contribution in [3.8, 4) is 5.75 Å². The molecule has 0 aliphatic carbocycles. The summed E-state index contributed by atoms with van der Waals surface area (Å²) in [6, 6.07) is 5.79. The molecular formula is C21H30O6. The third-order valence-electron chi connectivity index (χ3n) is 4.09. The van der Waals surface area contributed by atoms with E-state index in [0.717, 1.165) is 43.2 Å². The van der Waals surface area contributed by atoms with E-state index in [2.05, 4.69) is 9.47 Å². The molecule has 0 bridgehead atoms. The van der Waals surface area contributed by atoms with Crippen molar-refractivity contribution in [1.29, 1.82) is 0 Å². The third kappa shape index (κ3) is 9.80. The Kier molecular flexibility index (Phi) is 11.6. The second kappa shape index (κ2) is 13.8. The van der Waals surface area contributed by atoms with Crippen molar-refractivity contribution in [3.05, 3.63) is 35.4 Å². The van der Waals surface area contributed by atoms with Crippen LogP contribution in [0.4, 0.5) is 0 Å². The number of carbonyl (C=O) groups is 2. The predicted molar refractivity (Wildman–Crippen MR) is 103 cm³/mol. The first-order valence-corrected chi connectivity index (χ1v) is 9.30. The van der Waals surface area contributed by atoms with Gasteiger partial charge in [-0.05, 0) is 55.0 Å². The number of esters is 2. The van der Waals surface area contributed by atoms with Crippen LogP contribution in [0.3, 0.4) is 0 Å². The molecule has 0 amide bonds. The Morgan fingerprint density at radius 3 is 2.52 bits per heavy atom.